The second-order valence-electron chi connectivity index (χ2n) is 7.39. The zero-order valence-corrected chi connectivity index (χ0v) is 18.8. The monoisotopic (exact) mass is 412 g/mol. The van der Waals surface area contributed by atoms with Gasteiger partial charge >= 0.3 is 147 Å². The minimum atomic E-state index is -1.16. The Balaban J connectivity index is 2.32. The molecule has 0 unspecified atom stereocenters. The van der Waals surface area contributed by atoms with Crippen molar-refractivity contribution in [2.75, 3.05) is 20.6 Å². The second-order valence-corrected chi connectivity index (χ2v) is 17.3. The molecule has 22 heavy (non-hydrogen) atoms. The van der Waals surface area contributed by atoms with Gasteiger partial charge in [-0.15, -0.1) is 0 Å². The van der Waals surface area contributed by atoms with Crippen LogP contribution in [0.4, 0.5) is 5.69 Å². The number of quaternary nitrogens is 1. The molecule has 0 radical (unpaired) electrons. The first-order chi connectivity index (χ1) is 10.6. The molecule has 0 bridgehead atoms. The Hall–Kier alpha value is -0.0213. The third kappa shape index (κ3) is 8.01. The fourth-order valence-corrected chi connectivity index (χ4v) is 13.9. The summed E-state index contributed by atoms with van der Waals surface area (Å²) in [4.78, 5) is 0. The van der Waals surface area contributed by atoms with Crippen LogP contribution in [0.3, 0.4) is 0 Å². The van der Waals surface area contributed by atoms with Crippen molar-refractivity contribution < 1.29 is 0 Å². The third-order valence-corrected chi connectivity index (χ3v) is 15.5. The summed E-state index contributed by atoms with van der Waals surface area (Å²) in [5, 5.41) is 0. The Bertz CT molecular complexity index is 367. The molecule has 0 saturated carbocycles. The molecule has 0 saturated heterocycles. The summed E-state index contributed by atoms with van der Waals surface area (Å²) in [5.41, 5.74) is 1.44. The number of rotatable bonds is 12. The first-order valence-electron chi connectivity index (χ1n) is 9.48. The van der Waals surface area contributed by atoms with E-state index in [4.69, 9.17) is 0 Å². The fraction of sp³-hybridized carbons (Fsp3) is 0.700. The van der Waals surface area contributed by atoms with Gasteiger partial charge in [-0.3, -0.25) is 0 Å². The molecule has 0 aliphatic carbocycles. The van der Waals surface area contributed by atoms with Crippen LogP contribution < -0.4 is 4.48 Å². The summed E-state index contributed by atoms with van der Waals surface area (Å²) in [6.07, 6.45) is 8.71. The molecule has 0 aromatic heterocycles. The van der Waals surface area contributed by atoms with Crippen LogP contribution >= 0.6 is 0 Å². The first-order valence-corrected chi connectivity index (χ1v) is 16.5. The van der Waals surface area contributed by atoms with Crippen molar-refractivity contribution in [3.63, 3.8) is 0 Å². The molecule has 0 amide bonds. The predicted octanol–water partition coefficient (Wildman–Crippen LogP) is 5.86. The maximum atomic E-state index is 2.35. The number of para-hydroxylation sites is 1. The Morgan fingerprint density at radius 1 is 0.773 bits per heavy atom. The van der Waals surface area contributed by atoms with E-state index in [1.807, 2.05) is 0 Å². The standard InChI is InChI=1S/C12H19N.2C4H9.Sn.H/c1-4-5-11-13(2,3)12-9-7-6-8-10-12;2*1-3-4-2;;/h6-10H,1,4-5,11H2,2-3H3;2*1,3-4H2,2H3;;/q+1;;;;. The summed E-state index contributed by atoms with van der Waals surface area (Å²) in [6.45, 7) is 5.98. The molecule has 0 spiro atoms. The number of benzene rings is 1. The van der Waals surface area contributed by atoms with Gasteiger partial charge in [0.05, 0.1) is 0 Å². The second kappa shape index (κ2) is 11.5. The van der Waals surface area contributed by atoms with Gasteiger partial charge in [-0.2, -0.15) is 0 Å². The van der Waals surface area contributed by atoms with Crippen molar-refractivity contribution in [3.8, 4) is 0 Å². The summed E-state index contributed by atoms with van der Waals surface area (Å²) < 4.78 is 6.01. The topological polar surface area (TPSA) is 0 Å². The van der Waals surface area contributed by atoms with E-state index in [1.54, 1.807) is 13.3 Å². The first kappa shape index (κ1) is 20.0. The van der Waals surface area contributed by atoms with Crippen molar-refractivity contribution in [1.29, 1.82) is 0 Å². The normalized spacial score (nSPS) is 12.0. The van der Waals surface area contributed by atoms with E-state index < -0.39 is 19.8 Å². The summed E-state index contributed by atoms with van der Waals surface area (Å²) in [6, 6.07) is 11.0. The van der Waals surface area contributed by atoms with Gasteiger partial charge in [0.15, 0.2) is 0 Å². The van der Waals surface area contributed by atoms with Gasteiger partial charge in [0.1, 0.15) is 0 Å². The third-order valence-electron chi connectivity index (χ3n) is 4.97. The number of nitrogens with zero attached hydrogens (tertiary/aromatic N) is 1. The Labute approximate surface area is 146 Å². The number of hydrogen-bond donors (Lipinski definition) is 0. The van der Waals surface area contributed by atoms with Gasteiger partial charge in [0.25, 0.3) is 0 Å². The molecular formula is C20H38NSn+. The maximum absolute atomic E-state index is 2.35. The number of unbranched alkanes of at least 4 members (excludes halogenated alkanes) is 3. The van der Waals surface area contributed by atoms with Gasteiger partial charge in [-0.25, -0.2) is 0 Å². The van der Waals surface area contributed by atoms with Gasteiger partial charge in [0.2, 0.25) is 0 Å². The quantitative estimate of drug-likeness (QED) is 0.230. The van der Waals surface area contributed by atoms with E-state index in [2.05, 4.69) is 58.3 Å². The Morgan fingerprint density at radius 2 is 1.32 bits per heavy atom. The van der Waals surface area contributed by atoms with Crippen LogP contribution in [0.5, 0.6) is 0 Å². The summed E-state index contributed by atoms with van der Waals surface area (Å²) in [5.74, 6) is 0. The average Bonchev–Trinajstić information content (AvgIpc) is 2.54. The summed E-state index contributed by atoms with van der Waals surface area (Å²) in [7, 11) is 4.70. The van der Waals surface area contributed by atoms with Gasteiger partial charge in [-0.05, 0) is 0 Å². The van der Waals surface area contributed by atoms with Crippen LogP contribution in [0.2, 0.25) is 13.3 Å². The molecule has 1 aromatic carbocycles. The van der Waals surface area contributed by atoms with Crippen molar-refractivity contribution in [1.82, 2.24) is 4.48 Å². The van der Waals surface area contributed by atoms with Crippen molar-refractivity contribution in [3.05, 3.63) is 30.3 Å². The van der Waals surface area contributed by atoms with E-state index >= 15 is 0 Å². The molecule has 0 atom stereocenters. The Kier molecular flexibility index (Phi) is 10.5. The van der Waals surface area contributed by atoms with Crippen LogP contribution in [0.1, 0.15) is 52.4 Å². The molecule has 1 rings (SSSR count). The van der Waals surface area contributed by atoms with Gasteiger partial charge in [0, 0.05) is 0 Å². The zero-order chi connectivity index (χ0) is 16.3. The van der Waals surface area contributed by atoms with Crippen molar-refractivity contribution in [2.24, 2.45) is 0 Å². The molecule has 0 aliphatic heterocycles. The molecule has 0 fully saturated rings. The molecule has 0 N–H and O–H groups in total. The Morgan fingerprint density at radius 3 is 1.86 bits per heavy atom. The molecule has 0 aliphatic rings. The molecular weight excluding hydrogens is 373 g/mol. The van der Waals surface area contributed by atoms with Crippen molar-refractivity contribution in [2.45, 2.75) is 65.7 Å². The van der Waals surface area contributed by atoms with E-state index in [1.165, 1.54) is 50.8 Å². The van der Waals surface area contributed by atoms with Gasteiger partial charge in [-0.1, -0.05) is 0 Å². The molecule has 0 heterocycles. The molecule has 126 valence electrons. The van der Waals surface area contributed by atoms with Crippen LogP contribution in [-0.4, -0.2) is 40.4 Å². The van der Waals surface area contributed by atoms with Crippen LogP contribution in [0, 0.1) is 0 Å². The van der Waals surface area contributed by atoms with E-state index in [0.717, 1.165) is 4.48 Å². The van der Waals surface area contributed by atoms with Crippen LogP contribution in [0.25, 0.3) is 0 Å². The SMILES string of the molecule is CCC[CH2][SnH]([CH2]CCC)[CH2]CCC[N+](C)(C)c1ccccc1. The van der Waals surface area contributed by atoms with Crippen molar-refractivity contribution >= 4 is 25.4 Å². The van der Waals surface area contributed by atoms with E-state index in [0.29, 0.717) is 0 Å². The van der Waals surface area contributed by atoms with E-state index in [-0.39, 0.29) is 0 Å². The molecule has 1 nitrogen and oxygen atoms in total. The van der Waals surface area contributed by atoms with Crippen LogP contribution in [-0.2, 0) is 0 Å². The van der Waals surface area contributed by atoms with Crippen LogP contribution in [0.15, 0.2) is 30.3 Å². The zero-order valence-electron chi connectivity index (χ0n) is 15.5. The summed E-state index contributed by atoms with van der Waals surface area (Å²) >= 11 is -1.16. The molecule has 2 heteroatoms. The fourth-order valence-electron chi connectivity index (χ4n) is 3.32. The number of hydrogen-bond acceptors (Lipinski definition) is 0. The minimum absolute atomic E-state index is 1.03. The van der Waals surface area contributed by atoms with E-state index in [9.17, 15) is 0 Å². The van der Waals surface area contributed by atoms with Gasteiger partial charge < -0.3 is 0 Å². The molecule has 1 aromatic rings. The predicted molar refractivity (Wildman–Crippen MR) is 106 cm³/mol. The average molecular weight is 411 g/mol.